The zero-order valence-corrected chi connectivity index (χ0v) is 16.7. The van der Waals surface area contributed by atoms with Crippen LogP contribution in [0.5, 0.6) is 0 Å². The van der Waals surface area contributed by atoms with Crippen molar-refractivity contribution in [1.29, 1.82) is 0 Å². The number of hydrogen-bond donors (Lipinski definition) is 0. The van der Waals surface area contributed by atoms with Gasteiger partial charge in [-0.05, 0) is 41.9 Å². The van der Waals surface area contributed by atoms with E-state index in [-0.39, 0.29) is 30.1 Å². The Kier molecular flexibility index (Phi) is 4.75. The summed E-state index contributed by atoms with van der Waals surface area (Å²) >= 11 is 12.8. The second-order valence-electron chi connectivity index (χ2n) is 7.44. The smallest absolute Gasteiger partial charge is 0.237 e. The first-order valence-corrected chi connectivity index (χ1v) is 9.74. The third kappa shape index (κ3) is 3.16. The summed E-state index contributed by atoms with van der Waals surface area (Å²) < 4.78 is 0. The summed E-state index contributed by atoms with van der Waals surface area (Å²) in [4.78, 5) is 28.7. The van der Waals surface area contributed by atoms with Crippen molar-refractivity contribution < 1.29 is 9.59 Å². The van der Waals surface area contributed by atoms with Crippen LogP contribution in [0.15, 0.2) is 36.4 Å². The van der Waals surface area contributed by atoms with Gasteiger partial charge in [0.25, 0.3) is 0 Å². The van der Waals surface area contributed by atoms with Crippen molar-refractivity contribution in [2.75, 3.05) is 18.5 Å². The van der Waals surface area contributed by atoms with Crippen LogP contribution in [-0.4, -0.2) is 30.3 Å². The van der Waals surface area contributed by atoms with E-state index in [1.807, 2.05) is 37.4 Å². The lowest BCUT2D eigenvalue weighted by atomic mass is 9.83. The molecule has 0 radical (unpaired) electrons. The fraction of sp³-hybridized carbons (Fsp3) is 0.333. The number of likely N-dealkylation sites (N-methyl/N-ethyl adjacent to an activating group) is 1. The van der Waals surface area contributed by atoms with Gasteiger partial charge >= 0.3 is 0 Å². The summed E-state index contributed by atoms with van der Waals surface area (Å²) in [7, 11) is 2.04. The van der Waals surface area contributed by atoms with Gasteiger partial charge in [-0.15, -0.1) is 0 Å². The first-order chi connectivity index (χ1) is 12.9. The Morgan fingerprint density at radius 1 is 1.07 bits per heavy atom. The van der Waals surface area contributed by atoms with Gasteiger partial charge in [0.1, 0.15) is 0 Å². The summed E-state index contributed by atoms with van der Waals surface area (Å²) in [5.74, 6) is -0.590. The number of benzene rings is 2. The van der Waals surface area contributed by atoms with Crippen molar-refractivity contribution in [3.63, 3.8) is 0 Å². The molecule has 1 unspecified atom stereocenters. The summed E-state index contributed by atoms with van der Waals surface area (Å²) in [5.41, 5.74) is 3.71. The highest BCUT2D eigenvalue weighted by Crippen LogP contribution is 2.42. The molecule has 1 saturated heterocycles. The Hall–Kier alpha value is -1.88. The monoisotopic (exact) mass is 402 g/mol. The molecule has 0 bridgehead atoms. The van der Waals surface area contributed by atoms with Crippen molar-refractivity contribution >= 4 is 40.7 Å². The van der Waals surface area contributed by atoms with Crippen molar-refractivity contribution in [3.05, 3.63) is 63.1 Å². The van der Waals surface area contributed by atoms with Gasteiger partial charge in [-0.2, -0.15) is 0 Å². The minimum absolute atomic E-state index is 0.0253. The van der Waals surface area contributed by atoms with E-state index in [0.717, 1.165) is 29.8 Å². The standard InChI is InChI=1S/C21H20Cl2N2O2/c1-12-7-20(26)25(21(12)27)19-6-4-3-5-14(19)16-10-24(2)11-17-15(16)8-13(22)9-18(17)23/h3-6,8-9,12,16H,7,10-11H2,1-2H3/t12?,16-/m0/s1. The Labute approximate surface area is 168 Å². The topological polar surface area (TPSA) is 40.6 Å². The van der Waals surface area contributed by atoms with Crippen LogP contribution in [0, 0.1) is 5.92 Å². The number of fused-ring (bicyclic) bond motifs is 1. The molecule has 2 amide bonds. The number of anilines is 1. The van der Waals surface area contributed by atoms with Crippen LogP contribution in [0.4, 0.5) is 5.69 Å². The Bertz CT molecular complexity index is 944. The Balaban J connectivity index is 1.87. The lowest BCUT2D eigenvalue weighted by molar-refractivity contribution is -0.122. The summed E-state index contributed by atoms with van der Waals surface area (Å²) in [5, 5.41) is 1.24. The molecule has 2 aliphatic heterocycles. The summed E-state index contributed by atoms with van der Waals surface area (Å²) in [6.07, 6.45) is 0.256. The van der Waals surface area contributed by atoms with E-state index in [2.05, 4.69) is 4.90 Å². The van der Waals surface area contributed by atoms with Gasteiger partial charge in [-0.3, -0.25) is 14.5 Å². The zero-order chi connectivity index (χ0) is 19.3. The molecule has 0 aromatic heterocycles. The highest BCUT2D eigenvalue weighted by molar-refractivity contribution is 6.35. The largest absolute Gasteiger partial charge is 0.301 e. The molecule has 27 heavy (non-hydrogen) atoms. The van der Waals surface area contributed by atoms with Crippen LogP contribution in [0.1, 0.15) is 36.0 Å². The second-order valence-corrected chi connectivity index (χ2v) is 8.28. The molecule has 140 valence electrons. The number of imide groups is 1. The molecule has 2 atom stereocenters. The predicted molar refractivity (Wildman–Crippen MR) is 107 cm³/mol. The lowest BCUT2D eigenvalue weighted by Gasteiger charge is -2.35. The predicted octanol–water partition coefficient (Wildman–Crippen LogP) is 4.47. The normalized spacial score (nSPS) is 23.0. The molecular formula is C21H20Cl2N2O2. The van der Waals surface area contributed by atoms with Gasteiger partial charge in [0, 0.05) is 41.4 Å². The summed E-state index contributed by atoms with van der Waals surface area (Å²) in [6, 6.07) is 11.4. The van der Waals surface area contributed by atoms with Gasteiger partial charge < -0.3 is 4.90 Å². The average molecular weight is 403 g/mol. The minimum Gasteiger partial charge on any atom is -0.301 e. The molecule has 6 heteroatoms. The average Bonchev–Trinajstić information content (AvgIpc) is 2.87. The number of rotatable bonds is 2. The van der Waals surface area contributed by atoms with Crippen molar-refractivity contribution in [2.45, 2.75) is 25.8 Å². The molecule has 2 aliphatic rings. The number of amides is 2. The third-order valence-corrected chi connectivity index (χ3v) is 5.97. The van der Waals surface area contributed by atoms with E-state index in [1.54, 1.807) is 13.0 Å². The van der Waals surface area contributed by atoms with Gasteiger partial charge in [0.05, 0.1) is 5.69 Å². The molecule has 4 nitrogen and oxygen atoms in total. The lowest BCUT2D eigenvalue weighted by Crippen LogP contribution is -2.34. The van der Waals surface area contributed by atoms with E-state index in [0.29, 0.717) is 15.7 Å². The van der Waals surface area contributed by atoms with Crippen LogP contribution in [0.3, 0.4) is 0 Å². The maximum atomic E-state index is 12.6. The number of carbonyl (C=O) groups is 2. The van der Waals surface area contributed by atoms with E-state index in [9.17, 15) is 9.59 Å². The molecule has 0 spiro atoms. The zero-order valence-electron chi connectivity index (χ0n) is 15.2. The fourth-order valence-corrected chi connectivity index (χ4v) is 4.70. The van der Waals surface area contributed by atoms with Crippen LogP contribution >= 0.6 is 23.2 Å². The maximum Gasteiger partial charge on any atom is 0.237 e. The molecule has 0 saturated carbocycles. The van der Waals surface area contributed by atoms with Gasteiger partial charge in [0.15, 0.2) is 0 Å². The first-order valence-electron chi connectivity index (χ1n) is 8.99. The highest BCUT2D eigenvalue weighted by atomic mass is 35.5. The van der Waals surface area contributed by atoms with Crippen molar-refractivity contribution in [2.24, 2.45) is 5.92 Å². The van der Waals surface area contributed by atoms with E-state index >= 15 is 0 Å². The molecule has 0 N–H and O–H groups in total. The van der Waals surface area contributed by atoms with Gasteiger partial charge in [-0.25, -0.2) is 0 Å². The minimum atomic E-state index is -0.282. The number of nitrogens with zero attached hydrogens (tertiary/aromatic N) is 2. The molecule has 2 aromatic rings. The highest BCUT2D eigenvalue weighted by Gasteiger charge is 2.39. The molecule has 4 rings (SSSR count). The van der Waals surface area contributed by atoms with Crippen molar-refractivity contribution in [3.8, 4) is 0 Å². The van der Waals surface area contributed by atoms with Gasteiger partial charge in [-0.1, -0.05) is 48.3 Å². The molecular weight excluding hydrogens is 383 g/mol. The van der Waals surface area contributed by atoms with Crippen molar-refractivity contribution in [1.82, 2.24) is 4.90 Å². The SMILES string of the molecule is CC1CC(=O)N(c2ccccc2[C@@H]2CN(C)Cc3c(Cl)cc(Cl)cc32)C1=O. The van der Waals surface area contributed by atoms with Crippen LogP contribution in [0.2, 0.25) is 10.0 Å². The van der Waals surface area contributed by atoms with Gasteiger partial charge in [0.2, 0.25) is 11.8 Å². The first kappa shape index (κ1) is 18.5. The number of hydrogen-bond acceptors (Lipinski definition) is 3. The quantitative estimate of drug-likeness (QED) is 0.695. The third-order valence-electron chi connectivity index (χ3n) is 5.42. The van der Waals surface area contributed by atoms with Crippen LogP contribution < -0.4 is 4.90 Å². The molecule has 2 aromatic carbocycles. The Morgan fingerprint density at radius 3 is 2.52 bits per heavy atom. The number of halogens is 2. The number of para-hydroxylation sites is 1. The second kappa shape index (κ2) is 6.93. The van der Waals surface area contributed by atoms with Crippen LogP contribution in [0.25, 0.3) is 0 Å². The number of carbonyl (C=O) groups excluding carboxylic acids is 2. The molecule has 2 heterocycles. The maximum absolute atomic E-state index is 12.6. The van der Waals surface area contributed by atoms with E-state index < -0.39 is 0 Å². The summed E-state index contributed by atoms with van der Waals surface area (Å²) in [6.45, 7) is 3.29. The van der Waals surface area contributed by atoms with E-state index in [1.165, 1.54) is 4.90 Å². The van der Waals surface area contributed by atoms with Crippen LogP contribution in [-0.2, 0) is 16.1 Å². The molecule has 0 aliphatic carbocycles. The van der Waals surface area contributed by atoms with E-state index in [4.69, 9.17) is 23.2 Å². The Morgan fingerprint density at radius 2 is 1.81 bits per heavy atom. The fourth-order valence-electron chi connectivity index (χ4n) is 4.13. The molecule has 1 fully saturated rings.